The predicted molar refractivity (Wildman–Crippen MR) is 88.1 cm³/mol. The van der Waals surface area contributed by atoms with Crippen LogP contribution in [-0.2, 0) is 20.8 Å². The summed E-state index contributed by atoms with van der Waals surface area (Å²) in [7, 11) is 3.12. The van der Waals surface area contributed by atoms with E-state index in [4.69, 9.17) is 14.6 Å². The number of methoxy groups -OCH3 is 2. The highest BCUT2D eigenvalue weighted by Gasteiger charge is 2.29. The zero-order valence-electron chi connectivity index (χ0n) is 14.3. The fourth-order valence-electron chi connectivity index (χ4n) is 2.39. The van der Waals surface area contributed by atoms with E-state index in [-0.39, 0.29) is 12.4 Å². The zero-order valence-corrected chi connectivity index (χ0v) is 14.3. The van der Waals surface area contributed by atoms with E-state index in [0.717, 1.165) is 25.2 Å². The maximum Gasteiger partial charge on any atom is 0.162 e. The number of hydrogen-bond acceptors (Lipinski definition) is 6. The number of ether oxygens (including phenoxy) is 3. The molecular formula is C17H25N3O4. The molecule has 24 heavy (non-hydrogen) atoms. The lowest BCUT2D eigenvalue weighted by Crippen LogP contribution is -2.12. The van der Waals surface area contributed by atoms with Gasteiger partial charge in [-0.05, 0) is 18.9 Å². The van der Waals surface area contributed by atoms with Gasteiger partial charge in [0, 0.05) is 20.6 Å². The molecule has 0 amide bonds. The Bertz CT molecular complexity index is 589. The number of aromatic nitrogens is 3. The van der Waals surface area contributed by atoms with Crippen molar-refractivity contribution in [2.75, 3.05) is 14.2 Å². The molecule has 3 unspecified atom stereocenters. The first-order chi connectivity index (χ1) is 11.6. The molecule has 0 spiro atoms. The van der Waals surface area contributed by atoms with Crippen LogP contribution >= 0.6 is 0 Å². The Morgan fingerprint density at radius 1 is 1.29 bits per heavy atom. The van der Waals surface area contributed by atoms with Crippen molar-refractivity contribution < 1.29 is 19.3 Å². The van der Waals surface area contributed by atoms with E-state index >= 15 is 0 Å². The zero-order chi connectivity index (χ0) is 17.4. The average molecular weight is 335 g/mol. The van der Waals surface area contributed by atoms with E-state index < -0.39 is 6.29 Å². The van der Waals surface area contributed by atoms with Crippen LogP contribution in [0.15, 0.2) is 36.7 Å². The third-order valence-electron chi connectivity index (χ3n) is 3.71. The summed E-state index contributed by atoms with van der Waals surface area (Å²) in [6, 6.07) is 10.3. The molecule has 1 N–H and O–H groups in total. The molecule has 1 fully saturated rings. The Morgan fingerprint density at radius 3 is 2.58 bits per heavy atom. The number of hydrogen-bond donors (Lipinski definition) is 1. The second-order valence-corrected chi connectivity index (χ2v) is 5.50. The topological polar surface area (TPSA) is 78.6 Å². The molecule has 1 aromatic heterocycles. The molecule has 0 bridgehead atoms. The molecule has 1 saturated heterocycles. The third kappa shape index (κ3) is 5.38. The van der Waals surface area contributed by atoms with E-state index in [2.05, 4.69) is 27.1 Å². The minimum absolute atomic E-state index is 0.0174. The van der Waals surface area contributed by atoms with Gasteiger partial charge in [0.25, 0.3) is 0 Å². The van der Waals surface area contributed by atoms with Gasteiger partial charge in [0.05, 0.1) is 6.54 Å². The van der Waals surface area contributed by atoms with Gasteiger partial charge in [0.15, 0.2) is 18.4 Å². The largest absolute Gasteiger partial charge is 0.368 e. The first kappa shape index (κ1) is 18.5. The van der Waals surface area contributed by atoms with Gasteiger partial charge in [0.2, 0.25) is 0 Å². The van der Waals surface area contributed by atoms with Gasteiger partial charge in [0.1, 0.15) is 12.4 Å². The summed E-state index contributed by atoms with van der Waals surface area (Å²) in [5.74, 6) is 0.878. The highest BCUT2D eigenvalue weighted by molar-refractivity contribution is 5.15. The van der Waals surface area contributed by atoms with Gasteiger partial charge >= 0.3 is 0 Å². The number of rotatable bonds is 5. The lowest BCUT2D eigenvalue weighted by molar-refractivity contribution is -0.118. The second-order valence-electron chi connectivity index (χ2n) is 5.50. The number of benzene rings is 1. The van der Waals surface area contributed by atoms with Crippen molar-refractivity contribution in [1.29, 1.82) is 0 Å². The molecule has 0 saturated carbocycles. The van der Waals surface area contributed by atoms with Crippen LogP contribution in [0.5, 0.6) is 0 Å². The van der Waals surface area contributed by atoms with Crippen LogP contribution in [0, 0.1) is 0 Å². The number of aliphatic hydroxyl groups is 1. The first-order valence-electron chi connectivity index (χ1n) is 7.94. The summed E-state index contributed by atoms with van der Waals surface area (Å²) in [5, 5.41) is 16.3. The maximum absolute atomic E-state index is 8.14. The smallest absolute Gasteiger partial charge is 0.162 e. The van der Waals surface area contributed by atoms with Gasteiger partial charge < -0.3 is 23.9 Å². The van der Waals surface area contributed by atoms with Gasteiger partial charge in [-0.2, -0.15) is 0 Å². The number of nitrogens with zero attached hydrogens (tertiary/aromatic N) is 3. The molecule has 7 nitrogen and oxygen atoms in total. The Kier molecular flexibility index (Phi) is 7.33. The quantitative estimate of drug-likeness (QED) is 0.843. The monoisotopic (exact) mass is 335 g/mol. The SMILES string of the molecule is COC(C)O.COC1CCC(c2nncn2Cc2ccccc2)O1. The Labute approximate surface area is 142 Å². The fraction of sp³-hybridized carbons (Fsp3) is 0.529. The normalized spacial score (nSPS) is 21.2. The average Bonchev–Trinajstić information content (AvgIpc) is 3.25. The lowest BCUT2D eigenvalue weighted by Gasteiger charge is -2.13. The summed E-state index contributed by atoms with van der Waals surface area (Å²) in [5.41, 5.74) is 1.23. The molecule has 0 aliphatic carbocycles. The minimum Gasteiger partial charge on any atom is -0.368 e. The standard InChI is InChI=1S/C14H17N3O2.C3H8O2/c1-18-13-8-7-12(19-13)14-16-15-10-17(14)9-11-5-3-2-4-6-11;1-3(4)5-2/h2-6,10,12-13H,7-9H2,1H3;3-4H,1-2H3. The molecule has 2 heterocycles. The molecule has 2 aromatic rings. The van der Waals surface area contributed by atoms with Crippen molar-refractivity contribution in [3.05, 3.63) is 48.0 Å². The molecule has 1 aromatic carbocycles. The minimum atomic E-state index is -0.616. The van der Waals surface area contributed by atoms with Crippen LogP contribution in [0.1, 0.15) is 37.3 Å². The summed E-state index contributed by atoms with van der Waals surface area (Å²) >= 11 is 0. The molecule has 132 valence electrons. The van der Waals surface area contributed by atoms with Crippen LogP contribution in [-0.4, -0.2) is 46.7 Å². The summed E-state index contributed by atoms with van der Waals surface area (Å²) in [6.45, 7) is 2.32. The van der Waals surface area contributed by atoms with Crippen molar-refractivity contribution in [2.45, 2.75) is 45.0 Å². The van der Waals surface area contributed by atoms with Crippen LogP contribution < -0.4 is 0 Å². The van der Waals surface area contributed by atoms with Gasteiger partial charge in [-0.1, -0.05) is 30.3 Å². The Balaban J connectivity index is 0.000000368. The van der Waals surface area contributed by atoms with Gasteiger partial charge in [-0.3, -0.25) is 0 Å². The summed E-state index contributed by atoms with van der Waals surface area (Å²) in [4.78, 5) is 0. The van der Waals surface area contributed by atoms with E-state index in [9.17, 15) is 0 Å². The van der Waals surface area contributed by atoms with Crippen molar-refractivity contribution in [1.82, 2.24) is 14.8 Å². The van der Waals surface area contributed by atoms with E-state index in [1.165, 1.54) is 12.7 Å². The van der Waals surface area contributed by atoms with Crippen LogP contribution in [0.2, 0.25) is 0 Å². The molecule has 1 aliphatic rings. The molecule has 1 aliphatic heterocycles. The Morgan fingerprint density at radius 2 is 2.00 bits per heavy atom. The van der Waals surface area contributed by atoms with Crippen LogP contribution in [0.25, 0.3) is 0 Å². The first-order valence-corrected chi connectivity index (χ1v) is 7.94. The van der Waals surface area contributed by atoms with Crippen molar-refractivity contribution >= 4 is 0 Å². The lowest BCUT2D eigenvalue weighted by atomic mass is 10.2. The Hall–Kier alpha value is -1.80. The molecule has 3 rings (SSSR count). The van der Waals surface area contributed by atoms with Crippen LogP contribution in [0.4, 0.5) is 0 Å². The number of aliphatic hydroxyl groups excluding tert-OH is 1. The van der Waals surface area contributed by atoms with Gasteiger partial charge in [-0.15, -0.1) is 10.2 Å². The highest BCUT2D eigenvalue weighted by atomic mass is 16.7. The molecule has 0 radical (unpaired) electrons. The highest BCUT2D eigenvalue weighted by Crippen LogP contribution is 2.31. The summed E-state index contributed by atoms with van der Waals surface area (Å²) < 4.78 is 17.4. The molecular weight excluding hydrogens is 310 g/mol. The summed E-state index contributed by atoms with van der Waals surface area (Å²) in [6.07, 6.45) is 2.83. The van der Waals surface area contributed by atoms with E-state index in [0.29, 0.717) is 0 Å². The fourth-order valence-corrected chi connectivity index (χ4v) is 2.39. The van der Waals surface area contributed by atoms with E-state index in [1.807, 2.05) is 22.8 Å². The van der Waals surface area contributed by atoms with Crippen molar-refractivity contribution in [3.8, 4) is 0 Å². The van der Waals surface area contributed by atoms with E-state index in [1.54, 1.807) is 20.4 Å². The van der Waals surface area contributed by atoms with Crippen LogP contribution in [0.3, 0.4) is 0 Å². The molecule has 7 heteroatoms. The maximum atomic E-state index is 8.14. The molecule has 3 atom stereocenters. The third-order valence-corrected chi connectivity index (χ3v) is 3.71. The van der Waals surface area contributed by atoms with Gasteiger partial charge in [-0.25, -0.2) is 0 Å². The van der Waals surface area contributed by atoms with Crippen molar-refractivity contribution in [3.63, 3.8) is 0 Å². The second kappa shape index (κ2) is 9.48. The van der Waals surface area contributed by atoms with Crippen molar-refractivity contribution in [2.24, 2.45) is 0 Å². The predicted octanol–water partition coefficient (Wildman–Crippen LogP) is 2.12.